The van der Waals surface area contributed by atoms with E-state index in [1.54, 1.807) is 12.1 Å². The first kappa shape index (κ1) is 12.7. The van der Waals surface area contributed by atoms with Crippen LogP contribution in [0.5, 0.6) is 0 Å². The number of carbonyl (C=O) groups is 1. The van der Waals surface area contributed by atoms with Crippen LogP contribution in [0.1, 0.15) is 23.2 Å². The molecule has 1 amide bonds. The fourth-order valence-electron chi connectivity index (χ4n) is 4.47. The van der Waals surface area contributed by atoms with E-state index in [-0.39, 0.29) is 23.5 Å². The van der Waals surface area contributed by atoms with Crippen molar-refractivity contribution in [3.05, 3.63) is 22.7 Å². The van der Waals surface area contributed by atoms with Gasteiger partial charge in [0.15, 0.2) is 5.58 Å². The van der Waals surface area contributed by atoms with Crippen molar-refractivity contribution in [2.45, 2.75) is 24.4 Å². The fourth-order valence-corrected chi connectivity index (χ4v) is 4.67. The van der Waals surface area contributed by atoms with Gasteiger partial charge in [-0.3, -0.25) is 9.69 Å². The summed E-state index contributed by atoms with van der Waals surface area (Å²) in [5, 5.41) is 3.60. The second kappa shape index (κ2) is 3.94. The number of nitrogens with one attached hydrogen (secondary N) is 1. The maximum absolute atomic E-state index is 12.7. The summed E-state index contributed by atoms with van der Waals surface area (Å²) in [6.45, 7) is 2.32. The second-order valence-corrected chi connectivity index (χ2v) is 6.86. The van der Waals surface area contributed by atoms with Crippen LogP contribution < -0.4 is 11.1 Å². The predicted molar refractivity (Wildman–Crippen MR) is 81.7 cm³/mol. The van der Waals surface area contributed by atoms with Gasteiger partial charge in [-0.1, -0.05) is 11.6 Å². The third-order valence-electron chi connectivity index (χ3n) is 5.56. The highest BCUT2D eigenvalue weighted by atomic mass is 35.5. The average Bonchev–Trinajstić information content (AvgIpc) is 2.80. The van der Waals surface area contributed by atoms with Gasteiger partial charge in [-0.15, -0.1) is 0 Å². The zero-order valence-electron chi connectivity index (χ0n) is 11.8. The molecule has 1 saturated carbocycles. The van der Waals surface area contributed by atoms with Crippen molar-refractivity contribution in [2.24, 2.45) is 5.92 Å². The number of nitrogens with two attached hydrogens (primary N) is 1. The number of amides is 1. The van der Waals surface area contributed by atoms with Gasteiger partial charge in [0.2, 0.25) is 0 Å². The summed E-state index contributed by atoms with van der Waals surface area (Å²) in [5.41, 5.74) is 7.16. The number of aromatic nitrogens is 1. The Labute approximate surface area is 131 Å². The number of nitrogens with zero attached hydrogens (tertiary/aromatic N) is 2. The van der Waals surface area contributed by atoms with Gasteiger partial charge >= 0.3 is 0 Å². The van der Waals surface area contributed by atoms with Crippen molar-refractivity contribution in [1.29, 1.82) is 0 Å². The lowest BCUT2D eigenvalue weighted by molar-refractivity contribution is 0.0773. The SMILES string of the molecule is Nc1nc2c(C(=O)NC3C4CCN5CCC435)cc(Cl)cc2o1. The molecular weight excluding hydrogens is 304 g/mol. The third-order valence-corrected chi connectivity index (χ3v) is 5.78. The molecule has 1 aliphatic carbocycles. The van der Waals surface area contributed by atoms with Crippen molar-refractivity contribution < 1.29 is 9.21 Å². The molecule has 1 aromatic carbocycles. The summed E-state index contributed by atoms with van der Waals surface area (Å²) >= 11 is 6.07. The van der Waals surface area contributed by atoms with Crippen molar-refractivity contribution in [1.82, 2.24) is 15.2 Å². The minimum atomic E-state index is -0.151. The number of carbonyl (C=O) groups excluding carboxylic acids is 1. The predicted octanol–water partition coefficient (Wildman–Crippen LogP) is 1.64. The maximum atomic E-state index is 12.7. The summed E-state index contributed by atoms with van der Waals surface area (Å²) in [5.74, 6) is 0.448. The molecule has 7 heteroatoms. The van der Waals surface area contributed by atoms with Crippen LogP contribution in [0.4, 0.5) is 6.01 Å². The molecule has 1 aromatic heterocycles. The Morgan fingerprint density at radius 3 is 3.09 bits per heavy atom. The zero-order valence-corrected chi connectivity index (χ0v) is 12.6. The first-order valence-electron chi connectivity index (χ1n) is 7.51. The molecule has 3 fully saturated rings. The Hall–Kier alpha value is -1.79. The van der Waals surface area contributed by atoms with Crippen LogP contribution in [0.25, 0.3) is 11.1 Å². The summed E-state index contributed by atoms with van der Waals surface area (Å²) in [7, 11) is 0. The summed E-state index contributed by atoms with van der Waals surface area (Å²) in [6.07, 6.45) is 2.36. The quantitative estimate of drug-likeness (QED) is 0.879. The molecule has 1 spiro atoms. The normalized spacial score (nSPS) is 32.4. The molecule has 5 rings (SSSR count). The first-order valence-corrected chi connectivity index (χ1v) is 7.89. The van der Waals surface area contributed by atoms with Gasteiger partial charge in [0, 0.05) is 29.1 Å². The van der Waals surface area contributed by atoms with Crippen LogP contribution in [0, 0.1) is 5.92 Å². The number of hydrogen-bond acceptors (Lipinski definition) is 5. The van der Waals surface area contributed by atoms with E-state index in [1.165, 1.54) is 12.8 Å². The summed E-state index contributed by atoms with van der Waals surface area (Å²) in [4.78, 5) is 19.3. The van der Waals surface area contributed by atoms with Crippen LogP contribution in [0.15, 0.2) is 16.5 Å². The van der Waals surface area contributed by atoms with E-state index >= 15 is 0 Å². The minimum Gasteiger partial charge on any atom is -0.424 e. The second-order valence-electron chi connectivity index (χ2n) is 6.43. The highest BCUT2D eigenvalue weighted by molar-refractivity contribution is 6.32. The highest BCUT2D eigenvalue weighted by Crippen LogP contribution is 2.62. The average molecular weight is 319 g/mol. The fraction of sp³-hybridized carbons (Fsp3) is 0.467. The summed E-state index contributed by atoms with van der Waals surface area (Å²) < 4.78 is 5.28. The smallest absolute Gasteiger partial charge is 0.293 e. The van der Waals surface area contributed by atoms with Gasteiger partial charge < -0.3 is 15.5 Å². The molecular formula is C15H15ClN4O2. The van der Waals surface area contributed by atoms with Crippen LogP contribution in [-0.4, -0.2) is 40.5 Å². The Bertz CT molecular complexity index is 819. The van der Waals surface area contributed by atoms with Crippen LogP contribution in [-0.2, 0) is 0 Å². The van der Waals surface area contributed by atoms with Gasteiger partial charge in [0.1, 0.15) is 5.52 Å². The molecule has 6 nitrogen and oxygen atoms in total. The van der Waals surface area contributed by atoms with Gasteiger partial charge in [-0.25, -0.2) is 0 Å². The largest absolute Gasteiger partial charge is 0.424 e. The van der Waals surface area contributed by atoms with E-state index in [1.807, 2.05) is 0 Å². The van der Waals surface area contributed by atoms with Crippen LogP contribution in [0.2, 0.25) is 5.02 Å². The Kier molecular flexibility index (Phi) is 2.28. The molecule has 0 bridgehead atoms. The molecule has 2 aromatic rings. The Balaban J connectivity index is 1.47. The Morgan fingerprint density at radius 2 is 2.36 bits per heavy atom. The molecule has 22 heavy (non-hydrogen) atoms. The molecule has 2 aliphatic heterocycles. The van der Waals surface area contributed by atoms with E-state index in [4.69, 9.17) is 21.8 Å². The molecule has 0 radical (unpaired) electrons. The van der Waals surface area contributed by atoms with Crippen molar-refractivity contribution in [3.8, 4) is 0 Å². The third kappa shape index (κ3) is 1.44. The zero-order chi connectivity index (χ0) is 15.1. The monoisotopic (exact) mass is 318 g/mol. The van der Waals surface area contributed by atoms with Crippen LogP contribution in [0.3, 0.4) is 0 Å². The number of oxazole rings is 1. The lowest BCUT2D eigenvalue weighted by atomic mass is 10.0. The van der Waals surface area contributed by atoms with E-state index in [0.717, 1.165) is 13.1 Å². The molecule has 3 atom stereocenters. The van der Waals surface area contributed by atoms with E-state index < -0.39 is 0 Å². The minimum absolute atomic E-state index is 0.0402. The number of hydrogen-bond donors (Lipinski definition) is 2. The molecule has 114 valence electrons. The lowest BCUT2D eigenvalue weighted by Gasteiger charge is -2.40. The van der Waals surface area contributed by atoms with E-state index in [2.05, 4.69) is 15.2 Å². The topological polar surface area (TPSA) is 84.4 Å². The van der Waals surface area contributed by atoms with Crippen LogP contribution >= 0.6 is 11.6 Å². The summed E-state index contributed by atoms with van der Waals surface area (Å²) in [6, 6.07) is 3.53. The lowest BCUT2D eigenvalue weighted by Crippen LogP contribution is -2.53. The standard InChI is InChI=1S/C15H15ClN4O2/c16-7-5-8(11-10(6-7)22-14(17)18-11)13(21)19-12-9-1-3-20-4-2-15(9,12)20/h5-6,9,12H,1-4H2,(H2,17,18)(H,19,21). The number of halogens is 1. The van der Waals surface area contributed by atoms with E-state index in [9.17, 15) is 4.79 Å². The number of piperidine rings is 1. The highest BCUT2D eigenvalue weighted by Gasteiger charge is 2.74. The van der Waals surface area contributed by atoms with Crippen molar-refractivity contribution in [3.63, 3.8) is 0 Å². The number of rotatable bonds is 2. The number of nitrogen functional groups attached to an aromatic ring is 1. The van der Waals surface area contributed by atoms with Gasteiger partial charge in [-0.2, -0.15) is 4.98 Å². The van der Waals surface area contributed by atoms with Crippen molar-refractivity contribution >= 4 is 34.6 Å². The number of fused-ring (bicyclic) bond motifs is 1. The number of benzene rings is 1. The molecule has 3 heterocycles. The Morgan fingerprint density at radius 1 is 1.50 bits per heavy atom. The maximum Gasteiger partial charge on any atom is 0.293 e. The van der Waals surface area contributed by atoms with E-state index in [0.29, 0.717) is 27.6 Å². The molecule has 3 unspecified atom stereocenters. The molecule has 3 aliphatic rings. The van der Waals surface area contributed by atoms with Gasteiger partial charge in [0.05, 0.1) is 11.6 Å². The molecule has 3 N–H and O–H groups in total. The van der Waals surface area contributed by atoms with Gasteiger partial charge in [-0.05, 0) is 25.5 Å². The van der Waals surface area contributed by atoms with Gasteiger partial charge in [0.25, 0.3) is 11.9 Å². The first-order chi connectivity index (χ1) is 10.6. The van der Waals surface area contributed by atoms with Crippen molar-refractivity contribution in [2.75, 3.05) is 18.8 Å². The number of anilines is 1. The molecule has 2 saturated heterocycles.